The number of nitrogens with zero attached hydrogens (tertiary/aromatic N) is 3. The monoisotopic (exact) mass is 514 g/mol. The second-order valence-electron chi connectivity index (χ2n) is 5.65. The topological polar surface area (TPSA) is 54.0 Å². The fourth-order valence-corrected chi connectivity index (χ4v) is 2.08. The average Bonchev–Trinajstić information content (AvgIpc) is 2.63. The summed E-state index contributed by atoms with van der Waals surface area (Å²) in [6.07, 6.45) is 7.59. The van der Waals surface area contributed by atoms with Crippen molar-refractivity contribution in [2.75, 3.05) is 14.1 Å². The third kappa shape index (κ3) is 8.60. The van der Waals surface area contributed by atoms with Gasteiger partial charge in [-0.1, -0.05) is 59.6 Å². The number of hydrogen-bond donors (Lipinski definition) is 1. The third-order valence-electron chi connectivity index (χ3n) is 3.36. The molecule has 27 heavy (non-hydrogen) atoms. The Morgan fingerprint density at radius 3 is 1.59 bits per heavy atom. The van der Waals surface area contributed by atoms with E-state index in [4.69, 9.17) is 28.9 Å². The van der Waals surface area contributed by atoms with E-state index in [1.54, 1.807) is 19.0 Å². The molecule has 4 nitrogen and oxygen atoms in total. The molecule has 0 aliphatic carbocycles. The van der Waals surface area contributed by atoms with Crippen molar-refractivity contribution in [2.45, 2.75) is 0 Å². The number of halogens is 3. The zero-order valence-electron chi connectivity index (χ0n) is 15.0. The van der Waals surface area contributed by atoms with Crippen LogP contribution in [0.15, 0.2) is 70.9 Å². The standard InChI is InChI=1S/C20H20Cl2N4.HI/c1-26(2)20(23)25-24-19(13-7-15-3-9-17(21)10-4-15)14-8-16-5-11-18(22)12-6-16;/h3-14H,1-2H3,(H2,23,25);1H/b13-7+,14-8+;. The lowest BCUT2D eigenvalue weighted by molar-refractivity contribution is 0.611. The Balaban J connectivity index is 0.00000364. The summed E-state index contributed by atoms with van der Waals surface area (Å²) >= 11 is 11.8. The Hall–Kier alpha value is -1.83. The van der Waals surface area contributed by atoms with E-state index in [0.29, 0.717) is 21.7 Å². The Morgan fingerprint density at radius 1 is 0.815 bits per heavy atom. The van der Waals surface area contributed by atoms with Crippen molar-refractivity contribution in [1.29, 1.82) is 0 Å². The molecular weight excluding hydrogens is 494 g/mol. The highest BCUT2D eigenvalue weighted by Gasteiger charge is 1.95. The molecule has 0 aromatic heterocycles. The number of rotatable bonds is 5. The number of guanidine groups is 1. The highest BCUT2D eigenvalue weighted by molar-refractivity contribution is 14.0. The van der Waals surface area contributed by atoms with Crippen molar-refractivity contribution in [2.24, 2.45) is 15.9 Å². The molecular formula is C20H21Cl2IN4. The molecule has 0 radical (unpaired) electrons. The van der Waals surface area contributed by atoms with Gasteiger partial charge in [0.05, 0.1) is 5.71 Å². The number of allylic oxidation sites excluding steroid dienone is 2. The first-order valence-corrected chi connectivity index (χ1v) is 8.65. The first kappa shape index (κ1) is 23.2. The second kappa shape index (κ2) is 11.8. The van der Waals surface area contributed by atoms with Crippen LogP contribution in [0.5, 0.6) is 0 Å². The van der Waals surface area contributed by atoms with Crippen molar-refractivity contribution in [3.8, 4) is 0 Å². The first-order chi connectivity index (χ1) is 12.4. The van der Waals surface area contributed by atoms with E-state index in [-0.39, 0.29) is 24.0 Å². The SMILES string of the molecule is CN(C)C(N)=NN=C(/C=C/c1ccc(Cl)cc1)/C=C/c1ccc(Cl)cc1.I. The van der Waals surface area contributed by atoms with E-state index >= 15 is 0 Å². The van der Waals surface area contributed by atoms with Crippen LogP contribution < -0.4 is 5.73 Å². The van der Waals surface area contributed by atoms with Gasteiger partial charge in [0, 0.05) is 24.1 Å². The van der Waals surface area contributed by atoms with Gasteiger partial charge in [0.15, 0.2) is 0 Å². The molecule has 0 saturated carbocycles. The summed E-state index contributed by atoms with van der Waals surface area (Å²) in [6.45, 7) is 0. The number of hydrogen-bond acceptors (Lipinski definition) is 2. The molecule has 2 N–H and O–H groups in total. The molecule has 142 valence electrons. The summed E-state index contributed by atoms with van der Waals surface area (Å²) in [6, 6.07) is 15.1. The van der Waals surface area contributed by atoms with E-state index in [0.717, 1.165) is 11.1 Å². The molecule has 0 amide bonds. The third-order valence-corrected chi connectivity index (χ3v) is 3.86. The Bertz CT molecular complexity index is 782. The maximum absolute atomic E-state index is 5.91. The van der Waals surface area contributed by atoms with E-state index in [1.165, 1.54) is 0 Å². The van der Waals surface area contributed by atoms with Gasteiger partial charge in [-0.2, -0.15) is 0 Å². The van der Waals surface area contributed by atoms with Crippen LogP contribution in [0.2, 0.25) is 10.0 Å². The molecule has 0 spiro atoms. The van der Waals surface area contributed by atoms with Gasteiger partial charge in [-0.3, -0.25) is 0 Å². The minimum absolute atomic E-state index is 0. The van der Waals surface area contributed by atoms with Crippen LogP contribution in [-0.4, -0.2) is 30.7 Å². The van der Waals surface area contributed by atoms with Crippen LogP contribution in [-0.2, 0) is 0 Å². The Kier molecular flexibility index (Phi) is 10.1. The van der Waals surface area contributed by atoms with Gasteiger partial charge in [0.2, 0.25) is 5.96 Å². The van der Waals surface area contributed by atoms with Crippen molar-refractivity contribution < 1.29 is 0 Å². The van der Waals surface area contributed by atoms with E-state index in [2.05, 4.69) is 10.2 Å². The lowest BCUT2D eigenvalue weighted by Gasteiger charge is -2.07. The molecule has 0 aliphatic heterocycles. The summed E-state index contributed by atoms with van der Waals surface area (Å²) in [4.78, 5) is 1.69. The van der Waals surface area contributed by atoms with Gasteiger partial charge >= 0.3 is 0 Å². The molecule has 0 unspecified atom stereocenters. The minimum Gasteiger partial charge on any atom is -0.368 e. The van der Waals surface area contributed by atoms with E-state index < -0.39 is 0 Å². The van der Waals surface area contributed by atoms with Crippen molar-refractivity contribution in [3.05, 3.63) is 81.9 Å². The van der Waals surface area contributed by atoms with Crippen LogP contribution in [0.25, 0.3) is 12.2 Å². The molecule has 0 heterocycles. The van der Waals surface area contributed by atoms with Gasteiger partial charge in [0.1, 0.15) is 0 Å². The summed E-state index contributed by atoms with van der Waals surface area (Å²) in [5.41, 5.74) is 8.47. The maximum Gasteiger partial charge on any atom is 0.215 e. The van der Waals surface area contributed by atoms with E-state index in [9.17, 15) is 0 Å². The highest BCUT2D eigenvalue weighted by Crippen LogP contribution is 2.12. The molecule has 2 rings (SSSR count). The summed E-state index contributed by atoms with van der Waals surface area (Å²) in [7, 11) is 3.61. The smallest absolute Gasteiger partial charge is 0.215 e. The molecule has 0 fully saturated rings. The van der Waals surface area contributed by atoms with Crippen LogP contribution >= 0.6 is 47.2 Å². The summed E-state index contributed by atoms with van der Waals surface area (Å²) in [5, 5.41) is 9.66. The summed E-state index contributed by atoms with van der Waals surface area (Å²) < 4.78 is 0. The minimum atomic E-state index is 0. The highest BCUT2D eigenvalue weighted by atomic mass is 127. The van der Waals surface area contributed by atoms with Crippen molar-refractivity contribution in [3.63, 3.8) is 0 Å². The first-order valence-electron chi connectivity index (χ1n) is 7.90. The van der Waals surface area contributed by atoms with Gasteiger partial charge in [0.25, 0.3) is 0 Å². The number of benzene rings is 2. The normalized spacial score (nSPS) is 11.5. The molecule has 2 aromatic carbocycles. The maximum atomic E-state index is 5.91. The van der Waals surface area contributed by atoms with Crippen LogP contribution in [0.1, 0.15) is 11.1 Å². The fourth-order valence-electron chi connectivity index (χ4n) is 1.83. The van der Waals surface area contributed by atoms with Gasteiger partial charge in [-0.05, 0) is 47.5 Å². The lowest BCUT2D eigenvalue weighted by Crippen LogP contribution is -2.29. The molecule has 0 atom stereocenters. The molecule has 7 heteroatoms. The average molecular weight is 515 g/mol. The van der Waals surface area contributed by atoms with Crippen molar-refractivity contribution in [1.82, 2.24) is 4.90 Å². The molecule has 0 saturated heterocycles. The predicted octanol–water partition coefficient (Wildman–Crippen LogP) is 5.57. The number of nitrogens with two attached hydrogens (primary N) is 1. The predicted molar refractivity (Wildman–Crippen MR) is 129 cm³/mol. The largest absolute Gasteiger partial charge is 0.368 e. The van der Waals surface area contributed by atoms with Crippen LogP contribution in [0, 0.1) is 0 Å². The quantitative estimate of drug-likeness (QED) is 0.245. The Labute approximate surface area is 187 Å². The van der Waals surface area contributed by atoms with Crippen molar-refractivity contribution >= 4 is 71.0 Å². The summed E-state index contributed by atoms with van der Waals surface area (Å²) in [5.74, 6) is 0.322. The second-order valence-corrected chi connectivity index (χ2v) is 6.52. The van der Waals surface area contributed by atoms with E-state index in [1.807, 2.05) is 72.8 Å². The van der Waals surface area contributed by atoms with Gasteiger partial charge in [-0.25, -0.2) is 0 Å². The van der Waals surface area contributed by atoms with Gasteiger partial charge < -0.3 is 10.6 Å². The molecule has 0 aliphatic rings. The fraction of sp³-hybridized carbons (Fsp3) is 0.100. The zero-order valence-corrected chi connectivity index (χ0v) is 18.9. The van der Waals surface area contributed by atoms with Crippen LogP contribution in [0.4, 0.5) is 0 Å². The molecule has 0 bridgehead atoms. The zero-order chi connectivity index (χ0) is 18.9. The van der Waals surface area contributed by atoms with Crippen LogP contribution in [0.3, 0.4) is 0 Å². The lowest BCUT2D eigenvalue weighted by atomic mass is 10.1. The van der Waals surface area contributed by atoms with Gasteiger partial charge in [-0.15, -0.1) is 34.2 Å². The Morgan fingerprint density at radius 2 is 1.22 bits per heavy atom. The molecule has 2 aromatic rings.